The number of rotatable bonds is 4. The van der Waals surface area contributed by atoms with E-state index in [0.717, 1.165) is 0 Å². The third-order valence-corrected chi connectivity index (χ3v) is 3.07. The molecule has 1 heterocycles. The van der Waals surface area contributed by atoms with Crippen molar-refractivity contribution in [1.82, 2.24) is 10.3 Å². The molecule has 7 nitrogen and oxygen atoms in total. The van der Waals surface area contributed by atoms with Gasteiger partial charge in [0.05, 0.1) is 19.6 Å². The Bertz CT molecular complexity index is 751. The smallest absolute Gasteiger partial charge is 0.258 e. The number of fused-ring (bicyclic) bond motifs is 1. The van der Waals surface area contributed by atoms with Crippen LogP contribution in [0.15, 0.2) is 16.9 Å². The van der Waals surface area contributed by atoms with Gasteiger partial charge >= 0.3 is 0 Å². The lowest BCUT2D eigenvalue weighted by atomic mass is 10.1. The summed E-state index contributed by atoms with van der Waals surface area (Å²) in [6, 6.07) is 2.96. The van der Waals surface area contributed by atoms with Crippen LogP contribution in [0.5, 0.6) is 17.4 Å². The Kier molecular flexibility index (Phi) is 4.02. The van der Waals surface area contributed by atoms with E-state index in [9.17, 15) is 14.7 Å². The highest BCUT2D eigenvalue weighted by Crippen LogP contribution is 2.33. The Balaban J connectivity index is 2.85. The number of ether oxygens (including phenoxy) is 2. The quantitative estimate of drug-likeness (QED) is 0.780. The van der Waals surface area contributed by atoms with Gasteiger partial charge in [-0.15, -0.1) is 0 Å². The average Bonchev–Trinajstić information content (AvgIpc) is 2.46. The summed E-state index contributed by atoms with van der Waals surface area (Å²) in [5.41, 5.74) is -0.524. The van der Waals surface area contributed by atoms with Crippen LogP contribution in [0.25, 0.3) is 10.8 Å². The van der Waals surface area contributed by atoms with Crippen LogP contribution in [0.3, 0.4) is 0 Å². The number of hydrogen-bond acceptors (Lipinski definition) is 5. The molecule has 0 saturated heterocycles. The van der Waals surface area contributed by atoms with Gasteiger partial charge < -0.3 is 19.9 Å². The average molecular weight is 292 g/mol. The van der Waals surface area contributed by atoms with E-state index in [1.165, 1.54) is 26.4 Å². The van der Waals surface area contributed by atoms with E-state index in [0.29, 0.717) is 23.4 Å². The Labute approximate surface area is 120 Å². The first-order chi connectivity index (χ1) is 10.0. The van der Waals surface area contributed by atoms with Gasteiger partial charge in [-0.25, -0.2) is 0 Å². The molecule has 0 saturated carbocycles. The molecule has 0 spiro atoms. The molecule has 7 heteroatoms. The summed E-state index contributed by atoms with van der Waals surface area (Å²) in [6.45, 7) is 2.15. The fourth-order valence-corrected chi connectivity index (χ4v) is 2.12. The van der Waals surface area contributed by atoms with Crippen LogP contribution in [-0.2, 0) is 0 Å². The van der Waals surface area contributed by atoms with Crippen LogP contribution in [0.1, 0.15) is 17.3 Å². The molecular formula is C14H16N2O5. The highest BCUT2D eigenvalue weighted by atomic mass is 16.5. The molecule has 0 fully saturated rings. The molecule has 0 unspecified atom stereocenters. The maximum absolute atomic E-state index is 12.1. The first-order valence-electron chi connectivity index (χ1n) is 6.32. The van der Waals surface area contributed by atoms with Gasteiger partial charge in [0.1, 0.15) is 5.56 Å². The standard InChI is InChI=1S/C14H16N2O5/c1-4-15-13(18)11-7-5-9(20-2)10(21-3)6-8(7)12(17)16-14(11)19/h5-6H,4H2,1-3H3,(H,15,18)(H2,16,17,19). The topological polar surface area (TPSA) is 101 Å². The molecule has 3 N–H and O–H groups in total. The first kappa shape index (κ1) is 14.7. The second kappa shape index (κ2) is 5.74. The van der Waals surface area contributed by atoms with Crippen molar-refractivity contribution in [3.05, 3.63) is 28.0 Å². The summed E-state index contributed by atoms with van der Waals surface area (Å²) in [5.74, 6) is -0.238. The number of nitrogens with one attached hydrogen (secondary N) is 2. The molecule has 2 rings (SSSR count). The monoisotopic (exact) mass is 292 g/mol. The molecule has 112 valence electrons. The zero-order chi connectivity index (χ0) is 15.6. The van der Waals surface area contributed by atoms with E-state index in [-0.39, 0.29) is 10.9 Å². The Morgan fingerprint density at radius 3 is 2.33 bits per heavy atom. The van der Waals surface area contributed by atoms with Crippen molar-refractivity contribution in [3.63, 3.8) is 0 Å². The van der Waals surface area contributed by atoms with Crippen LogP contribution in [0.4, 0.5) is 0 Å². The molecule has 0 aliphatic rings. The molecule has 0 aliphatic heterocycles. The molecule has 21 heavy (non-hydrogen) atoms. The predicted octanol–water partition coefficient (Wildman–Crippen LogP) is 1.00. The highest BCUT2D eigenvalue weighted by Gasteiger charge is 2.20. The second-order valence-corrected chi connectivity index (χ2v) is 4.29. The molecule has 1 aromatic carbocycles. The molecule has 0 aliphatic carbocycles. The number of aromatic amines is 1. The van der Waals surface area contributed by atoms with Crippen LogP contribution >= 0.6 is 0 Å². The molecular weight excluding hydrogens is 276 g/mol. The van der Waals surface area contributed by atoms with E-state index in [4.69, 9.17) is 9.47 Å². The van der Waals surface area contributed by atoms with Gasteiger partial charge in [-0.3, -0.25) is 14.6 Å². The minimum absolute atomic E-state index is 0.00703. The molecule has 2 aromatic rings. The number of H-pyrrole nitrogens is 1. The summed E-state index contributed by atoms with van der Waals surface area (Å²) < 4.78 is 10.3. The summed E-state index contributed by atoms with van der Waals surface area (Å²) >= 11 is 0. The minimum Gasteiger partial charge on any atom is -0.494 e. The summed E-state index contributed by atoms with van der Waals surface area (Å²) in [4.78, 5) is 26.3. The SMILES string of the molecule is CCNC(=O)c1c(O)[nH]c(=O)c2cc(OC)c(OC)cc12. The molecule has 1 aromatic heterocycles. The number of carbonyl (C=O) groups is 1. The molecule has 0 radical (unpaired) electrons. The van der Waals surface area contributed by atoms with E-state index in [1.807, 2.05) is 0 Å². The van der Waals surface area contributed by atoms with Crippen molar-refractivity contribution in [2.75, 3.05) is 20.8 Å². The van der Waals surface area contributed by atoms with Crippen molar-refractivity contribution < 1.29 is 19.4 Å². The third kappa shape index (κ3) is 2.49. The van der Waals surface area contributed by atoms with Crippen LogP contribution in [0, 0.1) is 0 Å². The summed E-state index contributed by atoms with van der Waals surface area (Å²) in [7, 11) is 2.89. The Morgan fingerprint density at radius 2 is 1.81 bits per heavy atom. The van der Waals surface area contributed by atoms with E-state index in [2.05, 4.69) is 10.3 Å². The van der Waals surface area contributed by atoms with Gasteiger partial charge in [0.15, 0.2) is 11.5 Å². The van der Waals surface area contributed by atoms with E-state index >= 15 is 0 Å². The van der Waals surface area contributed by atoms with Gasteiger partial charge in [-0.05, 0) is 19.1 Å². The number of hydrogen-bond donors (Lipinski definition) is 3. The maximum Gasteiger partial charge on any atom is 0.258 e. The van der Waals surface area contributed by atoms with E-state index < -0.39 is 17.3 Å². The fourth-order valence-electron chi connectivity index (χ4n) is 2.12. The van der Waals surface area contributed by atoms with Gasteiger partial charge in [-0.2, -0.15) is 0 Å². The van der Waals surface area contributed by atoms with Crippen LogP contribution in [0.2, 0.25) is 0 Å². The van der Waals surface area contributed by atoms with Gasteiger partial charge in [0.25, 0.3) is 11.5 Å². The van der Waals surface area contributed by atoms with Gasteiger partial charge in [0.2, 0.25) is 5.88 Å². The Morgan fingerprint density at radius 1 is 1.24 bits per heavy atom. The molecule has 0 bridgehead atoms. The number of aromatic hydroxyl groups is 1. The molecule has 0 atom stereocenters. The zero-order valence-corrected chi connectivity index (χ0v) is 11.9. The first-order valence-corrected chi connectivity index (χ1v) is 6.32. The van der Waals surface area contributed by atoms with Crippen molar-refractivity contribution in [1.29, 1.82) is 0 Å². The summed E-state index contributed by atoms with van der Waals surface area (Å²) in [6.07, 6.45) is 0. The second-order valence-electron chi connectivity index (χ2n) is 4.29. The number of amides is 1. The van der Waals surface area contributed by atoms with Crippen LogP contribution < -0.4 is 20.3 Å². The Hall–Kier alpha value is -2.70. The highest BCUT2D eigenvalue weighted by molar-refractivity contribution is 6.09. The van der Waals surface area contributed by atoms with Crippen molar-refractivity contribution in [2.24, 2.45) is 0 Å². The largest absolute Gasteiger partial charge is 0.494 e. The summed E-state index contributed by atoms with van der Waals surface area (Å²) in [5, 5.41) is 13.0. The third-order valence-electron chi connectivity index (χ3n) is 3.07. The number of methoxy groups -OCH3 is 2. The van der Waals surface area contributed by atoms with Gasteiger partial charge in [0, 0.05) is 11.9 Å². The van der Waals surface area contributed by atoms with Crippen molar-refractivity contribution in [3.8, 4) is 17.4 Å². The van der Waals surface area contributed by atoms with Crippen molar-refractivity contribution >= 4 is 16.7 Å². The van der Waals surface area contributed by atoms with Crippen LogP contribution in [-0.4, -0.2) is 36.8 Å². The van der Waals surface area contributed by atoms with E-state index in [1.54, 1.807) is 6.92 Å². The number of aromatic nitrogens is 1. The predicted molar refractivity (Wildman–Crippen MR) is 77.3 cm³/mol. The zero-order valence-electron chi connectivity index (χ0n) is 11.9. The lowest BCUT2D eigenvalue weighted by Crippen LogP contribution is -2.24. The maximum atomic E-state index is 12.1. The minimum atomic E-state index is -0.517. The lowest BCUT2D eigenvalue weighted by molar-refractivity contribution is 0.0954. The van der Waals surface area contributed by atoms with Crippen molar-refractivity contribution in [2.45, 2.75) is 6.92 Å². The molecule has 1 amide bonds. The number of pyridine rings is 1. The number of carbonyl (C=O) groups excluding carboxylic acids is 1. The van der Waals surface area contributed by atoms with Gasteiger partial charge in [-0.1, -0.05) is 0 Å². The normalized spacial score (nSPS) is 10.4. The number of benzene rings is 1. The fraction of sp³-hybridized carbons (Fsp3) is 0.286. The lowest BCUT2D eigenvalue weighted by Gasteiger charge is -2.12.